The average molecular weight is 402 g/mol. The summed E-state index contributed by atoms with van der Waals surface area (Å²) < 4.78 is 15.7. The number of nitro groups is 1. The zero-order chi connectivity index (χ0) is 21.4. The normalized spacial score (nSPS) is 10.7. The summed E-state index contributed by atoms with van der Waals surface area (Å²) >= 11 is 0. The summed E-state index contributed by atoms with van der Waals surface area (Å²) in [5.74, 6) is -0.674. The minimum atomic E-state index is -0.898. The van der Waals surface area contributed by atoms with E-state index in [9.17, 15) is 14.5 Å². The molecule has 4 rings (SSSR count). The Morgan fingerprint density at radius 2 is 2.07 bits per heavy atom. The largest absolute Gasteiger partial charge is 0.350 e. The molecule has 0 spiro atoms. The summed E-state index contributed by atoms with van der Waals surface area (Å²) in [6.07, 6.45) is 3.48. The zero-order valence-electron chi connectivity index (χ0n) is 16.0. The Bertz CT molecular complexity index is 1360. The second-order valence-electron chi connectivity index (χ2n) is 6.76. The highest BCUT2D eigenvalue weighted by atomic mass is 19.1. The maximum absolute atomic E-state index is 13.8. The first-order chi connectivity index (χ1) is 14.4. The van der Waals surface area contributed by atoms with Crippen molar-refractivity contribution >= 4 is 28.2 Å². The van der Waals surface area contributed by atoms with Gasteiger partial charge in [-0.3, -0.25) is 10.1 Å². The second-order valence-corrected chi connectivity index (χ2v) is 6.76. The van der Waals surface area contributed by atoms with E-state index in [1.807, 2.05) is 23.9 Å². The van der Waals surface area contributed by atoms with Gasteiger partial charge in [0.1, 0.15) is 0 Å². The van der Waals surface area contributed by atoms with Gasteiger partial charge in [-0.05, 0) is 36.8 Å². The van der Waals surface area contributed by atoms with Gasteiger partial charge in [0.2, 0.25) is 11.8 Å². The van der Waals surface area contributed by atoms with E-state index in [-0.39, 0.29) is 5.95 Å². The molecule has 148 valence electrons. The minimum Gasteiger partial charge on any atom is -0.350 e. The van der Waals surface area contributed by atoms with Gasteiger partial charge in [-0.1, -0.05) is 6.07 Å². The van der Waals surface area contributed by atoms with Gasteiger partial charge in [0, 0.05) is 42.0 Å². The lowest BCUT2D eigenvalue weighted by Gasteiger charge is -2.09. The third-order valence-electron chi connectivity index (χ3n) is 4.79. The average Bonchev–Trinajstić information content (AvgIpc) is 3.06. The number of rotatable bonds is 4. The number of benzene rings is 2. The molecule has 0 radical (unpaired) electrons. The lowest BCUT2D eigenvalue weighted by Crippen LogP contribution is -2.02. The standard InChI is InChI=1S/C21H15FN6O2/c1-12-7-16(22)20(28(29)30)9-18(12)26-21-24-6-5-17(25-21)15-11-27(2)19-8-13(10-23)3-4-14(15)19/h3-9,11H,1-2H3,(H,24,25,26). The van der Waals surface area contributed by atoms with Crippen LogP contribution >= 0.6 is 0 Å². The smallest absolute Gasteiger partial charge is 0.306 e. The van der Waals surface area contributed by atoms with Crippen molar-refractivity contribution in [1.82, 2.24) is 14.5 Å². The SMILES string of the molecule is Cc1cc(F)c([N+](=O)[O-])cc1Nc1nccc(-c2cn(C)c3cc(C#N)ccc23)n1. The van der Waals surface area contributed by atoms with E-state index in [4.69, 9.17) is 5.26 Å². The summed E-state index contributed by atoms with van der Waals surface area (Å²) in [7, 11) is 1.88. The van der Waals surface area contributed by atoms with Gasteiger partial charge in [-0.25, -0.2) is 9.97 Å². The molecular weight excluding hydrogens is 387 g/mol. The van der Waals surface area contributed by atoms with Crippen molar-refractivity contribution in [2.75, 3.05) is 5.32 Å². The van der Waals surface area contributed by atoms with Crippen molar-refractivity contribution in [2.45, 2.75) is 6.92 Å². The molecule has 2 heterocycles. The number of fused-ring (bicyclic) bond motifs is 1. The molecule has 8 nitrogen and oxygen atoms in total. The number of nitrogens with one attached hydrogen (secondary N) is 1. The molecule has 0 aliphatic carbocycles. The Labute approximate surface area is 170 Å². The molecule has 9 heteroatoms. The first-order valence-corrected chi connectivity index (χ1v) is 8.91. The molecule has 30 heavy (non-hydrogen) atoms. The number of nitrogens with zero attached hydrogens (tertiary/aromatic N) is 5. The van der Waals surface area contributed by atoms with Gasteiger partial charge < -0.3 is 9.88 Å². The van der Waals surface area contributed by atoms with E-state index in [1.54, 1.807) is 31.3 Å². The predicted octanol–water partition coefficient (Wildman–Crippen LogP) is 4.61. The Kier molecular flexibility index (Phi) is 4.60. The molecule has 0 saturated carbocycles. The number of aromatic nitrogens is 3. The molecule has 1 N–H and O–H groups in total. The second kappa shape index (κ2) is 7.25. The van der Waals surface area contributed by atoms with Crippen LogP contribution in [0.1, 0.15) is 11.1 Å². The van der Waals surface area contributed by atoms with Crippen LogP contribution in [0.5, 0.6) is 0 Å². The van der Waals surface area contributed by atoms with E-state index in [1.165, 1.54) is 0 Å². The van der Waals surface area contributed by atoms with Gasteiger partial charge in [0.25, 0.3) is 0 Å². The molecule has 0 aliphatic rings. The summed E-state index contributed by atoms with van der Waals surface area (Å²) in [5.41, 5.74) is 3.15. The van der Waals surface area contributed by atoms with E-state index in [0.29, 0.717) is 22.5 Å². The number of hydrogen-bond acceptors (Lipinski definition) is 6. The number of nitriles is 1. The van der Waals surface area contributed by atoms with E-state index < -0.39 is 16.4 Å². The molecule has 2 aromatic heterocycles. The van der Waals surface area contributed by atoms with Gasteiger partial charge in [-0.2, -0.15) is 9.65 Å². The van der Waals surface area contributed by atoms with Crippen molar-refractivity contribution in [1.29, 1.82) is 5.26 Å². The van der Waals surface area contributed by atoms with E-state index in [0.717, 1.165) is 28.6 Å². The van der Waals surface area contributed by atoms with Crippen LogP contribution in [-0.2, 0) is 7.05 Å². The van der Waals surface area contributed by atoms with Gasteiger partial charge >= 0.3 is 5.69 Å². The Balaban J connectivity index is 1.75. The summed E-state index contributed by atoms with van der Waals surface area (Å²) in [5, 5.41) is 24.0. The van der Waals surface area contributed by atoms with Crippen molar-refractivity contribution in [3.05, 3.63) is 75.9 Å². The first kappa shape index (κ1) is 19.0. The third-order valence-corrected chi connectivity index (χ3v) is 4.79. The van der Waals surface area contributed by atoms with E-state index >= 15 is 0 Å². The molecule has 0 fully saturated rings. The van der Waals surface area contributed by atoms with Gasteiger partial charge in [-0.15, -0.1) is 0 Å². The van der Waals surface area contributed by atoms with Crippen LogP contribution in [0.25, 0.3) is 22.2 Å². The lowest BCUT2D eigenvalue weighted by molar-refractivity contribution is -0.387. The highest BCUT2D eigenvalue weighted by molar-refractivity contribution is 5.95. The van der Waals surface area contributed by atoms with Gasteiger partial charge in [0.05, 0.1) is 27.9 Å². The molecular formula is C21H15FN6O2. The molecule has 0 aliphatic heterocycles. The Hall–Kier alpha value is -4.32. The first-order valence-electron chi connectivity index (χ1n) is 8.91. The fourth-order valence-corrected chi connectivity index (χ4v) is 3.28. The van der Waals surface area contributed by atoms with Crippen LogP contribution in [0.2, 0.25) is 0 Å². The van der Waals surface area contributed by atoms with Crippen LogP contribution in [0.3, 0.4) is 0 Å². The van der Waals surface area contributed by atoms with Gasteiger partial charge in [0.15, 0.2) is 0 Å². The Morgan fingerprint density at radius 3 is 2.80 bits per heavy atom. The molecule has 0 unspecified atom stereocenters. The van der Waals surface area contributed by atoms with Crippen molar-refractivity contribution < 1.29 is 9.31 Å². The highest BCUT2D eigenvalue weighted by Crippen LogP contribution is 2.31. The van der Waals surface area contributed by atoms with Crippen molar-refractivity contribution in [2.24, 2.45) is 7.05 Å². The van der Waals surface area contributed by atoms with Crippen molar-refractivity contribution in [3.8, 4) is 17.3 Å². The molecule has 0 saturated heterocycles. The van der Waals surface area contributed by atoms with E-state index in [2.05, 4.69) is 21.4 Å². The fourth-order valence-electron chi connectivity index (χ4n) is 3.28. The minimum absolute atomic E-state index is 0.224. The maximum atomic E-state index is 13.8. The van der Waals surface area contributed by atoms with Crippen LogP contribution in [0.15, 0.2) is 48.8 Å². The zero-order valence-corrected chi connectivity index (χ0v) is 16.0. The predicted molar refractivity (Wildman–Crippen MR) is 110 cm³/mol. The maximum Gasteiger partial charge on any atom is 0.306 e. The molecule has 0 bridgehead atoms. The van der Waals surface area contributed by atoms with Crippen LogP contribution in [-0.4, -0.2) is 19.5 Å². The van der Waals surface area contributed by atoms with Crippen LogP contribution < -0.4 is 5.32 Å². The number of aryl methyl sites for hydroxylation is 2. The third kappa shape index (κ3) is 3.31. The molecule has 2 aromatic carbocycles. The van der Waals surface area contributed by atoms with Crippen LogP contribution in [0, 0.1) is 34.2 Å². The fraction of sp³-hybridized carbons (Fsp3) is 0.0952. The molecule has 0 atom stereocenters. The van der Waals surface area contributed by atoms with Crippen molar-refractivity contribution in [3.63, 3.8) is 0 Å². The Morgan fingerprint density at radius 1 is 1.27 bits per heavy atom. The highest BCUT2D eigenvalue weighted by Gasteiger charge is 2.18. The molecule has 0 amide bonds. The number of hydrogen-bond donors (Lipinski definition) is 1. The molecule has 4 aromatic rings. The monoisotopic (exact) mass is 402 g/mol. The summed E-state index contributed by atoms with van der Waals surface area (Å²) in [6.45, 7) is 1.64. The summed E-state index contributed by atoms with van der Waals surface area (Å²) in [4.78, 5) is 19.0. The lowest BCUT2D eigenvalue weighted by atomic mass is 10.1. The van der Waals surface area contributed by atoms with Crippen LogP contribution in [0.4, 0.5) is 21.7 Å². The summed E-state index contributed by atoms with van der Waals surface area (Å²) in [6, 6.07) is 11.5. The number of halogens is 1. The number of nitro benzene ring substituents is 1. The number of anilines is 2. The quantitative estimate of drug-likeness (QED) is 0.394. The topological polar surface area (TPSA) is 110 Å².